The number of nitrogens with one attached hydrogen (secondary N) is 1. The van der Waals surface area contributed by atoms with E-state index >= 15 is 0 Å². The number of hydrogen-bond donors (Lipinski definition) is 3. The van der Waals surface area contributed by atoms with Crippen LogP contribution in [0.2, 0.25) is 0 Å². The highest BCUT2D eigenvalue weighted by molar-refractivity contribution is 7.94. The molecule has 1 aliphatic heterocycles. The molecule has 11 nitrogen and oxygen atoms in total. The van der Waals surface area contributed by atoms with Crippen LogP contribution in [0.15, 0.2) is 18.2 Å². The van der Waals surface area contributed by atoms with Crippen LogP contribution in [0.5, 0.6) is 0 Å². The third kappa shape index (κ3) is 4.46. The summed E-state index contributed by atoms with van der Waals surface area (Å²) in [5.41, 5.74) is 1.04. The van der Waals surface area contributed by atoms with Crippen LogP contribution in [-0.4, -0.2) is 80.4 Å². The van der Waals surface area contributed by atoms with Gasteiger partial charge in [0.25, 0.3) is 11.8 Å². The molecule has 3 N–H and O–H groups in total. The molecule has 0 bridgehead atoms. The van der Waals surface area contributed by atoms with Crippen molar-refractivity contribution >= 4 is 21.7 Å². The minimum atomic E-state index is -3.93. The number of carbonyl (C=O) groups excluding carboxylic acids is 2. The number of hydrogen-bond acceptors (Lipinski definition) is 8. The minimum Gasteiger partial charge on any atom is -0.394 e. The van der Waals surface area contributed by atoms with Gasteiger partial charge in [-0.15, -0.1) is 0 Å². The number of aliphatic hydroxyl groups excluding tert-OH is 2. The zero-order chi connectivity index (χ0) is 28.0. The molecule has 38 heavy (non-hydrogen) atoms. The fraction of sp³-hybridized carbons (Fsp3) is 0.520. The van der Waals surface area contributed by atoms with E-state index in [4.69, 9.17) is 5.26 Å². The number of rotatable bonds is 9. The molecule has 2 amide bonds. The van der Waals surface area contributed by atoms with E-state index in [1.165, 1.54) is 42.6 Å². The summed E-state index contributed by atoms with van der Waals surface area (Å²) in [4.78, 5) is 27.7. The van der Waals surface area contributed by atoms with Crippen molar-refractivity contribution in [1.82, 2.24) is 20.0 Å². The van der Waals surface area contributed by atoms with Gasteiger partial charge in [0.05, 0.1) is 27.8 Å². The first-order valence-corrected chi connectivity index (χ1v) is 13.6. The van der Waals surface area contributed by atoms with Crippen molar-refractivity contribution in [2.45, 2.75) is 55.3 Å². The van der Waals surface area contributed by atoms with Crippen molar-refractivity contribution in [2.24, 2.45) is 7.05 Å². The molecule has 0 unspecified atom stereocenters. The number of amides is 2. The second-order valence-corrected chi connectivity index (χ2v) is 13.3. The third-order valence-corrected chi connectivity index (χ3v) is 10.9. The minimum absolute atomic E-state index is 0.0112. The van der Waals surface area contributed by atoms with Crippen molar-refractivity contribution in [3.63, 3.8) is 0 Å². The number of benzene rings is 1. The van der Waals surface area contributed by atoms with Crippen LogP contribution in [0.1, 0.15) is 64.4 Å². The Labute approximate surface area is 219 Å². The number of carbonyl (C=O) groups is 2. The van der Waals surface area contributed by atoms with Gasteiger partial charge in [-0.25, -0.2) is 12.8 Å². The van der Waals surface area contributed by atoms with Gasteiger partial charge in [0.1, 0.15) is 17.6 Å². The highest BCUT2D eigenvalue weighted by Crippen LogP contribution is 2.50. The van der Waals surface area contributed by atoms with Crippen molar-refractivity contribution in [3.05, 3.63) is 52.1 Å². The molecule has 0 saturated heterocycles. The maximum Gasteiger partial charge on any atom is 0.272 e. The Morgan fingerprint density at radius 1 is 1.37 bits per heavy atom. The Morgan fingerprint density at radius 2 is 2.05 bits per heavy atom. The standard InChI is InChI=1S/C25H30FN5O6S/c1-24(2,19(33)13-32)38(36,37)25(7-8-25)14-31-9-6-17-20(29-30(3)21(17)23(31)35)22(34)28-12-15-4-5-16(11-27)18(26)10-15/h4-5,10,19,32-33H,6-9,12-14H2,1-3H3,(H,28,34)/t19-/m1/s1. The summed E-state index contributed by atoms with van der Waals surface area (Å²) >= 11 is 0. The number of nitrogens with zero attached hydrogens (tertiary/aromatic N) is 4. The molecule has 1 saturated carbocycles. The quantitative estimate of drug-likeness (QED) is 0.407. The largest absolute Gasteiger partial charge is 0.394 e. The molecular formula is C25H30FN5O6S. The molecule has 1 fully saturated rings. The van der Waals surface area contributed by atoms with E-state index in [1.807, 2.05) is 0 Å². The number of fused-ring (bicyclic) bond motifs is 1. The van der Waals surface area contributed by atoms with Crippen molar-refractivity contribution in [1.29, 1.82) is 5.26 Å². The molecule has 4 rings (SSSR count). The average Bonchev–Trinajstić information content (AvgIpc) is 3.59. The van der Waals surface area contributed by atoms with Crippen LogP contribution in [0.4, 0.5) is 4.39 Å². The van der Waals surface area contributed by atoms with Gasteiger partial charge in [0.2, 0.25) is 0 Å². The SMILES string of the molecule is Cn1nc(C(=O)NCc2ccc(C#N)c(F)c2)c2c1C(=O)N(CC1(S(=O)(=O)C(C)(C)[C@H](O)CO)CC1)CC2. The number of halogens is 1. The smallest absolute Gasteiger partial charge is 0.272 e. The fourth-order valence-corrected chi connectivity index (χ4v) is 7.40. The molecule has 1 aromatic carbocycles. The van der Waals surface area contributed by atoms with Gasteiger partial charge in [-0.3, -0.25) is 14.3 Å². The van der Waals surface area contributed by atoms with E-state index in [0.717, 1.165) is 6.07 Å². The number of sulfone groups is 1. The lowest BCUT2D eigenvalue weighted by Crippen LogP contribution is -2.55. The first-order chi connectivity index (χ1) is 17.8. The number of aryl methyl sites for hydroxylation is 1. The Bertz CT molecular complexity index is 1440. The third-order valence-electron chi connectivity index (χ3n) is 7.61. The number of aliphatic hydroxyl groups is 2. The molecule has 204 valence electrons. The molecule has 13 heteroatoms. The van der Waals surface area contributed by atoms with E-state index in [9.17, 15) is 32.6 Å². The number of nitriles is 1. The van der Waals surface area contributed by atoms with Gasteiger partial charge >= 0.3 is 0 Å². The molecule has 0 radical (unpaired) electrons. The second kappa shape index (κ2) is 9.76. The van der Waals surface area contributed by atoms with Crippen molar-refractivity contribution in [3.8, 4) is 6.07 Å². The fourth-order valence-electron chi connectivity index (χ4n) is 4.88. The van der Waals surface area contributed by atoms with E-state index in [-0.39, 0.29) is 43.0 Å². The summed E-state index contributed by atoms with van der Waals surface area (Å²) in [5.74, 6) is -1.69. The maximum atomic E-state index is 13.9. The Kier molecular flexibility index (Phi) is 7.11. The van der Waals surface area contributed by atoms with Crippen LogP contribution in [-0.2, 0) is 29.9 Å². The van der Waals surface area contributed by atoms with Crippen LogP contribution in [0, 0.1) is 17.1 Å². The highest BCUT2D eigenvalue weighted by Gasteiger charge is 2.62. The Hall–Kier alpha value is -3.34. The first-order valence-electron chi connectivity index (χ1n) is 12.1. The maximum absolute atomic E-state index is 13.9. The van der Waals surface area contributed by atoms with Gasteiger partial charge in [0, 0.05) is 32.2 Å². The normalized spacial score (nSPS) is 17.5. The first kappa shape index (κ1) is 27.7. The van der Waals surface area contributed by atoms with Gasteiger partial charge < -0.3 is 20.4 Å². The molecule has 1 atom stereocenters. The summed E-state index contributed by atoms with van der Waals surface area (Å²) in [6.07, 6.45) is -0.514. The lowest BCUT2D eigenvalue weighted by atomic mass is 10.0. The summed E-state index contributed by atoms with van der Waals surface area (Å²) in [6.45, 7) is 2.15. The topological polar surface area (TPSA) is 166 Å². The lowest BCUT2D eigenvalue weighted by Gasteiger charge is -2.36. The predicted molar refractivity (Wildman–Crippen MR) is 133 cm³/mol. The van der Waals surface area contributed by atoms with Crippen molar-refractivity contribution in [2.75, 3.05) is 19.7 Å². The van der Waals surface area contributed by atoms with Gasteiger partial charge in [-0.2, -0.15) is 10.4 Å². The van der Waals surface area contributed by atoms with E-state index in [2.05, 4.69) is 10.4 Å². The Balaban J connectivity index is 1.50. The number of aromatic nitrogens is 2. The monoisotopic (exact) mass is 547 g/mol. The van der Waals surface area contributed by atoms with Gasteiger partial charge in [-0.1, -0.05) is 6.07 Å². The summed E-state index contributed by atoms with van der Waals surface area (Å²) in [7, 11) is -2.41. The second-order valence-electron chi connectivity index (χ2n) is 10.4. The molecule has 2 aliphatic rings. The molecule has 2 aromatic rings. The Morgan fingerprint density at radius 3 is 2.63 bits per heavy atom. The van der Waals surface area contributed by atoms with E-state index < -0.39 is 49.7 Å². The molecule has 1 aromatic heterocycles. The molecule has 0 spiro atoms. The van der Waals surface area contributed by atoms with Gasteiger partial charge in [0.15, 0.2) is 15.5 Å². The average molecular weight is 548 g/mol. The summed E-state index contributed by atoms with van der Waals surface area (Å²) in [6, 6.07) is 5.75. The molecule has 2 heterocycles. The molecular weight excluding hydrogens is 517 g/mol. The lowest BCUT2D eigenvalue weighted by molar-refractivity contribution is 0.0673. The highest BCUT2D eigenvalue weighted by atomic mass is 32.2. The van der Waals surface area contributed by atoms with Crippen LogP contribution in [0.3, 0.4) is 0 Å². The van der Waals surface area contributed by atoms with Gasteiger partial charge in [-0.05, 0) is 50.8 Å². The van der Waals surface area contributed by atoms with E-state index in [0.29, 0.717) is 24.0 Å². The zero-order valence-corrected chi connectivity index (χ0v) is 22.2. The van der Waals surface area contributed by atoms with Crippen LogP contribution >= 0.6 is 0 Å². The summed E-state index contributed by atoms with van der Waals surface area (Å²) in [5, 5.41) is 35.3. The van der Waals surface area contributed by atoms with Crippen LogP contribution in [0.25, 0.3) is 0 Å². The zero-order valence-electron chi connectivity index (χ0n) is 21.4. The predicted octanol–water partition coefficient (Wildman–Crippen LogP) is 0.438. The summed E-state index contributed by atoms with van der Waals surface area (Å²) < 4.78 is 39.3. The molecule has 1 aliphatic carbocycles. The van der Waals surface area contributed by atoms with Crippen molar-refractivity contribution < 1.29 is 32.6 Å². The van der Waals surface area contributed by atoms with Crippen LogP contribution < -0.4 is 5.32 Å². The van der Waals surface area contributed by atoms with E-state index in [1.54, 1.807) is 6.07 Å².